The van der Waals surface area contributed by atoms with E-state index in [2.05, 4.69) is 15.1 Å². The molecule has 1 atom stereocenters. The SMILES string of the molecule is CC(OC(=O)c1ccc(N2CCCC2=O)cc1)c1nc(-c2cccnc2)no1. The van der Waals surface area contributed by atoms with Gasteiger partial charge in [-0.15, -0.1) is 0 Å². The quantitative estimate of drug-likeness (QED) is 0.629. The van der Waals surface area contributed by atoms with Crippen LogP contribution in [-0.4, -0.2) is 33.5 Å². The second kappa shape index (κ2) is 7.59. The first kappa shape index (κ1) is 17.8. The minimum absolute atomic E-state index is 0.102. The number of carbonyl (C=O) groups excluding carboxylic acids is 2. The van der Waals surface area contributed by atoms with Gasteiger partial charge in [-0.1, -0.05) is 5.16 Å². The molecule has 1 aliphatic heterocycles. The number of hydrogen-bond acceptors (Lipinski definition) is 7. The molecule has 1 saturated heterocycles. The van der Waals surface area contributed by atoms with E-state index in [0.717, 1.165) is 12.1 Å². The summed E-state index contributed by atoms with van der Waals surface area (Å²) in [5.41, 5.74) is 1.88. The van der Waals surface area contributed by atoms with Gasteiger partial charge in [0.15, 0.2) is 6.10 Å². The van der Waals surface area contributed by atoms with Crippen LogP contribution < -0.4 is 4.90 Å². The number of esters is 1. The second-order valence-corrected chi connectivity index (χ2v) is 6.44. The second-order valence-electron chi connectivity index (χ2n) is 6.44. The molecule has 1 fully saturated rings. The number of pyridine rings is 1. The van der Waals surface area contributed by atoms with Gasteiger partial charge < -0.3 is 14.2 Å². The maximum atomic E-state index is 12.4. The molecule has 1 aliphatic rings. The van der Waals surface area contributed by atoms with Gasteiger partial charge in [-0.25, -0.2) is 4.79 Å². The van der Waals surface area contributed by atoms with Gasteiger partial charge in [-0.3, -0.25) is 9.78 Å². The van der Waals surface area contributed by atoms with Gasteiger partial charge >= 0.3 is 5.97 Å². The molecule has 8 nitrogen and oxygen atoms in total. The van der Waals surface area contributed by atoms with Gasteiger partial charge in [-0.2, -0.15) is 4.98 Å². The highest BCUT2D eigenvalue weighted by atomic mass is 16.6. The lowest BCUT2D eigenvalue weighted by Crippen LogP contribution is -2.23. The van der Waals surface area contributed by atoms with Crippen molar-refractivity contribution in [3.63, 3.8) is 0 Å². The van der Waals surface area contributed by atoms with Crippen LogP contribution in [0.2, 0.25) is 0 Å². The van der Waals surface area contributed by atoms with E-state index in [-0.39, 0.29) is 11.8 Å². The number of amides is 1. The monoisotopic (exact) mass is 378 g/mol. The Labute approximate surface area is 161 Å². The number of rotatable bonds is 5. The van der Waals surface area contributed by atoms with Crippen LogP contribution in [0.15, 0.2) is 53.3 Å². The molecule has 0 bridgehead atoms. The first-order valence-electron chi connectivity index (χ1n) is 8.97. The summed E-state index contributed by atoms with van der Waals surface area (Å²) < 4.78 is 10.6. The summed E-state index contributed by atoms with van der Waals surface area (Å²) in [6, 6.07) is 10.4. The van der Waals surface area contributed by atoms with Crippen molar-refractivity contribution >= 4 is 17.6 Å². The Hall–Kier alpha value is -3.55. The Bertz CT molecular complexity index is 985. The van der Waals surface area contributed by atoms with E-state index in [1.165, 1.54) is 0 Å². The molecule has 3 heterocycles. The van der Waals surface area contributed by atoms with Crippen molar-refractivity contribution in [1.29, 1.82) is 0 Å². The molecular formula is C20H18N4O4. The Kier molecular flexibility index (Phi) is 4.84. The fraction of sp³-hybridized carbons (Fsp3) is 0.250. The van der Waals surface area contributed by atoms with Crippen LogP contribution in [0.5, 0.6) is 0 Å². The molecule has 0 saturated carbocycles. The highest BCUT2D eigenvalue weighted by Gasteiger charge is 2.23. The van der Waals surface area contributed by atoms with Gasteiger partial charge in [-0.05, 0) is 49.7 Å². The maximum Gasteiger partial charge on any atom is 0.338 e. The predicted molar refractivity (Wildman–Crippen MR) is 99.4 cm³/mol. The van der Waals surface area contributed by atoms with Crippen LogP contribution in [0.25, 0.3) is 11.4 Å². The number of carbonyl (C=O) groups is 2. The van der Waals surface area contributed by atoms with Gasteiger partial charge in [0.2, 0.25) is 11.7 Å². The third-order valence-electron chi connectivity index (χ3n) is 4.48. The lowest BCUT2D eigenvalue weighted by molar-refractivity contribution is -0.117. The van der Waals surface area contributed by atoms with Crippen LogP contribution in [0.4, 0.5) is 5.69 Å². The van der Waals surface area contributed by atoms with Crippen molar-refractivity contribution in [3.05, 3.63) is 60.2 Å². The fourth-order valence-corrected chi connectivity index (χ4v) is 2.99. The van der Waals surface area contributed by atoms with Crippen molar-refractivity contribution in [2.24, 2.45) is 0 Å². The third kappa shape index (κ3) is 3.62. The predicted octanol–water partition coefficient (Wildman–Crippen LogP) is 3.18. The molecule has 0 aliphatic carbocycles. The van der Waals surface area contributed by atoms with Crippen molar-refractivity contribution < 1.29 is 18.8 Å². The molecule has 4 rings (SSSR count). The van der Waals surface area contributed by atoms with E-state index in [1.807, 2.05) is 6.07 Å². The fourth-order valence-electron chi connectivity index (χ4n) is 2.99. The van der Waals surface area contributed by atoms with Crippen molar-refractivity contribution in [2.45, 2.75) is 25.9 Å². The van der Waals surface area contributed by atoms with E-state index in [9.17, 15) is 9.59 Å². The molecule has 0 radical (unpaired) electrons. The topological polar surface area (TPSA) is 98.4 Å². The molecule has 1 amide bonds. The zero-order valence-electron chi connectivity index (χ0n) is 15.2. The Morgan fingerprint density at radius 3 is 2.75 bits per heavy atom. The summed E-state index contributed by atoms with van der Waals surface area (Å²) >= 11 is 0. The average molecular weight is 378 g/mol. The molecule has 0 spiro atoms. The highest BCUT2D eigenvalue weighted by molar-refractivity contribution is 5.96. The Morgan fingerprint density at radius 1 is 1.25 bits per heavy atom. The van der Waals surface area contributed by atoms with Crippen LogP contribution in [-0.2, 0) is 9.53 Å². The Morgan fingerprint density at radius 2 is 2.07 bits per heavy atom. The van der Waals surface area contributed by atoms with E-state index < -0.39 is 12.1 Å². The molecule has 1 unspecified atom stereocenters. The summed E-state index contributed by atoms with van der Waals surface area (Å²) in [6.45, 7) is 2.37. The minimum atomic E-state index is -0.703. The zero-order valence-corrected chi connectivity index (χ0v) is 15.2. The minimum Gasteiger partial charge on any atom is -0.449 e. The van der Waals surface area contributed by atoms with E-state index >= 15 is 0 Å². The lowest BCUT2D eigenvalue weighted by Gasteiger charge is -2.16. The average Bonchev–Trinajstić information content (AvgIpc) is 3.38. The number of aromatic nitrogens is 3. The Balaban J connectivity index is 1.42. The number of benzene rings is 1. The first-order valence-corrected chi connectivity index (χ1v) is 8.97. The van der Waals surface area contributed by atoms with Crippen molar-refractivity contribution in [1.82, 2.24) is 15.1 Å². The van der Waals surface area contributed by atoms with Crippen LogP contribution in [0.3, 0.4) is 0 Å². The van der Waals surface area contributed by atoms with Gasteiger partial charge in [0, 0.05) is 36.6 Å². The van der Waals surface area contributed by atoms with E-state index in [1.54, 1.807) is 54.5 Å². The highest BCUT2D eigenvalue weighted by Crippen LogP contribution is 2.24. The van der Waals surface area contributed by atoms with E-state index in [4.69, 9.17) is 9.26 Å². The molecule has 2 aromatic heterocycles. The van der Waals surface area contributed by atoms with Gasteiger partial charge in [0.05, 0.1) is 5.56 Å². The summed E-state index contributed by atoms with van der Waals surface area (Å²) in [6.07, 6.45) is 3.99. The molecule has 3 aromatic rings. The van der Waals surface area contributed by atoms with E-state index in [0.29, 0.717) is 29.9 Å². The molecule has 142 valence electrons. The summed E-state index contributed by atoms with van der Waals surface area (Å²) in [5, 5.41) is 3.90. The number of anilines is 1. The van der Waals surface area contributed by atoms with Crippen LogP contribution >= 0.6 is 0 Å². The smallest absolute Gasteiger partial charge is 0.338 e. The summed E-state index contributed by atoms with van der Waals surface area (Å²) in [7, 11) is 0. The standard InChI is InChI=1S/C20H18N4O4/c1-13(19-22-18(23-28-19)15-4-2-10-21-12-15)27-20(26)14-6-8-16(9-7-14)24-11-3-5-17(24)25/h2,4,6-10,12-13H,3,5,11H2,1H3. The molecular weight excluding hydrogens is 360 g/mol. The van der Waals surface area contributed by atoms with Crippen molar-refractivity contribution in [3.8, 4) is 11.4 Å². The number of ether oxygens (including phenoxy) is 1. The van der Waals surface area contributed by atoms with Crippen LogP contribution in [0, 0.1) is 0 Å². The molecule has 1 aromatic carbocycles. The number of hydrogen-bond donors (Lipinski definition) is 0. The largest absolute Gasteiger partial charge is 0.449 e. The first-order chi connectivity index (χ1) is 13.6. The molecule has 28 heavy (non-hydrogen) atoms. The molecule has 0 N–H and O–H groups in total. The van der Waals surface area contributed by atoms with Crippen molar-refractivity contribution in [2.75, 3.05) is 11.4 Å². The third-order valence-corrected chi connectivity index (χ3v) is 4.48. The summed E-state index contributed by atoms with van der Waals surface area (Å²) in [4.78, 5) is 34.2. The normalized spacial score (nSPS) is 14.9. The summed E-state index contributed by atoms with van der Waals surface area (Å²) in [5.74, 6) is 0.176. The maximum absolute atomic E-state index is 12.4. The number of nitrogens with zero attached hydrogens (tertiary/aromatic N) is 4. The lowest BCUT2D eigenvalue weighted by atomic mass is 10.2. The van der Waals surface area contributed by atoms with Gasteiger partial charge in [0.1, 0.15) is 0 Å². The zero-order chi connectivity index (χ0) is 19.5. The molecule has 8 heteroatoms. The van der Waals surface area contributed by atoms with Crippen LogP contribution in [0.1, 0.15) is 42.1 Å². The van der Waals surface area contributed by atoms with Gasteiger partial charge in [0.25, 0.3) is 5.89 Å².